The van der Waals surface area contributed by atoms with Gasteiger partial charge in [-0.25, -0.2) is 17.2 Å². The van der Waals surface area contributed by atoms with E-state index in [1.54, 1.807) is 12.1 Å². The van der Waals surface area contributed by atoms with Crippen LogP contribution in [0.25, 0.3) is 0 Å². The zero-order chi connectivity index (χ0) is 24.9. The highest BCUT2D eigenvalue weighted by Gasteiger charge is 2.35. The third kappa shape index (κ3) is 7.46. The van der Waals surface area contributed by atoms with E-state index in [0.29, 0.717) is 51.7 Å². The van der Waals surface area contributed by atoms with Crippen molar-refractivity contribution in [1.29, 1.82) is 0 Å². The summed E-state index contributed by atoms with van der Waals surface area (Å²) in [5.74, 6) is -1.65. The molecule has 2 aromatic rings. The van der Waals surface area contributed by atoms with Crippen molar-refractivity contribution in [3.63, 3.8) is 0 Å². The fourth-order valence-electron chi connectivity index (χ4n) is 3.69. The van der Waals surface area contributed by atoms with E-state index in [9.17, 15) is 30.4 Å². The highest BCUT2D eigenvalue weighted by atomic mass is 32.2. The summed E-state index contributed by atoms with van der Waals surface area (Å²) >= 11 is 0. The van der Waals surface area contributed by atoms with Gasteiger partial charge in [0.15, 0.2) is 0 Å². The molecular weight excluding hydrogens is 479 g/mol. The van der Waals surface area contributed by atoms with E-state index in [2.05, 4.69) is 0 Å². The quantitative estimate of drug-likeness (QED) is 0.341. The number of halogens is 5. The molecule has 34 heavy (non-hydrogen) atoms. The van der Waals surface area contributed by atoms with Crippen LogP contribution in [0.2, 0.25) is 0 Å². The van der Waals surface area contributed by atoms with Crippen molar-refractivity contribution < 1.29 is 35.1 Å². The predicted molar refractivity (Wildman–Crippen MR) is 118 cm³/mol. The molecule has 0 spiro atoms. The minimum atomic E-state index is -4.78. The van der Waals surface area contributed by atoms with Crippen molar-refractivity contribution in [2.75, 3.05) is 39.0 Å². The largest absolute Gasteiger partial charge is 0.419 e. The van der Waals surface area contributed by atoms with Crippen molar-refractivity contribution in [2.45, 2.75) is 31.7 Å². The van der Waals surface area contributed by atoms with Gasteiger partial charge in [-0.15, -0.1) is 0 Å². The Morgan fingerprint density at radius 2 is 1.74 bits per heavy atom. The first-order valence-electron chi connectivity index (χ1n) is 10.8. The van der Waals surface area contributed by atoms with Gasteiger partial charge in [-0.2, -0.15) is 17.5 Å². The number of hydrogen-bond acceptors (Lipinski definition) is 4. The number of rotatable bonds is 11. The van der Waals surface area contributed by atoms with Gasteiger partial charge in [-0.1, -0.05) is 24.3 Å². The maximum absolute atomic E-state index is 14.6. The van der Waals surface area contributed by atoms with E-state index >= 15 is 0 Å². The fourth-order valence-corrected chi connectivity index (χ4v) is 4.56. The summed E-state index contributed by atoms with van der Waals surface area (Å²) in [6, 6.07) is 9.16. The molecule has 188 valence electrons. The van der Waals surface area contributed by atoms with Crippen LogP contribution in [0.3, 0.4) is 0 Å². The number of alkyl halides is 3. The number of sulfonamides is 1. The number of ether oxygens (including phenoxy) is 1. The van der Waals surface area contributed by atoms with E-state index in [-0.39, 0.29) is 24.0 Å². The molecule has 0 radical (unpaired) electrons. The average Bonchev–Trinajstić information content (AvgIpc) is 2.70. The number of hydrogen-bond donors (Lipinski definition) is 0. The second kappa shape index (κ2) is 11.1. The van der Waals surface area contributed by atoms with Gasteiger partial charge in [0.1, 0.15) is 11.6 Å². The Labute approximate surface area is 196 Å². The topological polar surface area (TPSA) is 49.9 Å². The lowest BCUT2D eigenvalue weighted by atomic mass is 10.1. The van der Waals surface area contributed by atoms with Gasteiger partial charge >= 0.3 is 6.18 Å². The Bertz CT molecular complexity index is 1060. The summed E-state index contributed by atoms with van der Waals surface area (Å²) in [5, 5.41) is 0. The summed E-state index contributed by atoms with van der Waals surface area (Å²) in [6.07, 6.45) is -2.80. The highest BCUT2D eigenvalue weighted by molar-refractivity contribution is 7.88. The van der Waals surface area contributed by atoms with Crippen molar-refractivity contribution in [3.8, 4) is 0 Å². The van der Waals surface area contributed by atoms with Crippen LogP contribution in [-0.4, -0.2) is 62.8 Å². The normalized spacial score (nSPS) is 15.6. The Kier molecular flexibility index (Phi) is 8.66. The standard InChI is InChI=1S/C23H27F5N2O3S/c1-34(31,32)30-15-20(16-30)33-13-3-11-29(12-10-17-6-8-19(24)9-7-17)14-18-4-2-5-21(22(18)25)23(26,27)28/h2,4-9,20H,3,10-16H2,1H3. The van der Waals surface area contributed by atoms with Crippen molar-refractivity contribution in [1.82, 2.24) is 9.21 Å². The summed E-state index contributed by atoms with van der Waals surface area (Å²) in [4.78, 5) is 1.83. The van der Waals surface area contributed by atoms with Crippen LogP contribution in [-0.2, 0) is 33.9 Å². The maximum atomic E-state index is 14.6. The van der Waals surface area contributed by atoms with Gasteiger partial charge in [0.05, 0.1) is 17.9 Å². The van der Waals surface area contributed by atoms with Crippen LogP contribution in [0, 0.1) is 11.6 Å². The lowest BCUT2D eigenvalue weighted by Crippen LogP contribution is -2.54. The van der Waals surface area contributed by atoms with Crippen LogP contribution in [0.1, 0.15) is 23.1 Å². The molecule has 1 fully saturated rings. The Balaban J connectivity index is 1.59. The van der Waals surface area contributed by atoms with E-state index in [4.69, 9.17) is 4.74 Å². The first kappa shape index (κ1) is 26.5. The molecule has 2 aromatic carbocycles. The third-order valence-electron chi connectivity index (χ3n) is 5.66. The second-order valence-corrected chi connectivity index (χ2v) is 10.3. The van der Waals surface area contributed by atoms with E-state index in [1.807, 2.05) is 4.90 Å². The Hall–Kier alpha value is -2.08. The molecule has 3 rings (SSSR count). The molecule has 1 aliphatic heterocycles. The molecule has 0 amide bonds. The third-order valence-corrected chi connectivity index (χ3v) is 6.90. The zero-order valence-electron chi connectivity index (χ0n) is 18.7. The molecule has 0 N–H and O–H groups in total. The smallest absolute Gasteiger partial charge is 0.375 e. The van der Waals surface area contributed by atoms with Crippen LogP contribution in [0.15, 0.2) is 42.5 Å². The highest BCUT2D eigenvalue weighted by Crippen LogP contribution is 2.32. The van der Waals surface area contributed by atoms with Crippen molar-refractivity contribution >= 4 is 10.0 Å². The Morgan fingerprint density at radius 1 is 1.06 bits per heavy atom. The Morgan fingerprint density at radius 3 is 2.35 bits per heavy atom. The first-order valence-corrected chi connectivity index (χ1v) is 12.7. The molecule has 0 saturated carbocycles. The molecule has 1 saturated heterocycles. The second-order valence-electron chi connectivity index (χ2n) is 8.36. The molecule has 1 heterocycles. The van der Waals surface area contributed by atoms with Crippen LogP contribution >= 0.6 is 0 Å². The molecular formula is C23H27F5N2O3S. The summed E-state index contributed by atoms with van der Waals surface area (Å²) in [5.41, 5.74) is -0.507. The van der Waals surface area contributed by atoms with Gasteiger partial charge < -0.3 is 4.74 Å². The number of nitrogens with zero attached hydrogens (tertiary/aromatic N) is 2. The van der Waals surface area contributed by atoms with Crippen LogP contribution in [0.4, 0.5) is 22.0 Å². The summed E-state index contributed by atoms with van der Waals surface area (Å²) in [7, 11) is -3.23. The minimum absolute atomic E-state index is 0.0256. The predicted octanol–water partition coefficient (Wildman–Crippen LogP) is 4.08. The van der Waals surface area contributed by atoms with Crippen molar-refractivity contribution in [3.05, 3.63) is 70.8 Å². The molecule has 0 aromatic heterocycles. The monoisotopic (exact) mass is 506 g/mol. The lowest BCUT2D eigenvalue weighted by Gasteiger charge is -2.36. The van der Waals surface area contributed by atoms with Crippen LogP contribution < -0.4 is 0 Å². The SMILES string of the molecule is CS(=O)(=O)N1CC(OCCCN(CCc2ccc(F)cc2)Cc2cccc(C(F)(F)F)c2F)C1. The molecule has 5 nitrogen and oxygen atoms in total. The van der Waals surface area contributed by atoms with Gasteiger partial charge in [0.2, 0.25) is 10.0 Å². The van der Waals surface area contributed by atoms with E-state index in [0.717, 1.165) is 11.8 Å². The maximum Gasteiger partial charge on any atom is 0.419 e. The van der Waals surface area contributed by atoms with Gasteiger partial charge in [-0.3, -0.25) is 4.90 Å². The number of benzene rings is 2. The molecule has 0 bridgehead atoms. The minimum Gasteiger partial charge on any atom is -0.375 e. The van der Waals surface area contributed by atoms with Crippen molar-refractivity contribution in [2.24, 2.45) is 0 Å². The molecule has 1 aliphatic rings. The van der Waals surface area contributed by atoms with E-state index in [1.165, 1.54) is 28.6 Å². The molecule has 0 atom stereocenters. The van der Waals surface area contributed by atoms with Gasteiger partial charge in [-0.05, 0) is 36.6 Å². The molecule has 0 unspecified atom stereocenters. The average molecular weight is 507 g/mol. The molecule has 0 aliphatic carbocycles. The lowest BCUT2D eigenvalue weighted by molar-refractivity contribution is -0.140. The summed E-state index contributed by atoms with van der Waals surface area (Å²) in [6.45, 7) is 1.75. The van der Waals surface area contributed by atoms with Crippen LogP contribution in [0.5, 0.6) is 0 Å². The van der Waals surface area contributed by atoms with Gasteiger partial charge in [0.25, 0.3) is 0 Å². The fraction of sp³-hybridized carbons (Fsp3) is 0.478. The zero-order valence-corrected chi connectivity index (χ0v) is 19.5. The van der Waals surface area contributed by atoms with Gasteiger partial charge in [0, 0.05) is 44.9 Å². The first-order chi connectivity index (χ1) is 15.9. The summed E-state index contributed by atoms with van der Waals surface area (Å²) < 4.78 is 96.8. The van der Waals surface area contributed by atoms with E-state index < -0.39 is 27.6 Å². The molecule has 11 heteroatoms.